The van der Waals surface area contributed by atoms with Crippen LogP contribution in [0.5, 0.6) is 5.75 Å². The molecule has 0 aliphatic carbocycles. The van der Waals surface area contributed by atoms with Gasteiger partial charge in [0.15, 0.2) is 0 Å². The third-order valence-corrected chi connectivity index (χ3v) is 4.01. The number of fused-ring (bicyclic) bond motifs is 1. The molecule has 0 aliphatic heterocycles. The van der Waals surface area contributed by atoms with Crippen LogP contribution in [-0.4, -0.2) is 18.2 Å². The minimum absolute atomic E-state index is 0.173. The van der Waals surface area contributed by atoms with E-state index in [9.17, 15) is 4.79 Å². The Hall–Kier alpha value is -2.82. The zero-order valence-electron chi connectivity index (χ0n) is 14.0. The van der Waals surface area contributed by atoms with Crippen molar-refractivity contribution in [3.05, 3.63) is 59.0 Å². The molecule has 5 nitrogen and oxygen atoms in total. The lowest BCUT2D eigenvalue weighted by molar-refractivity contribution is -0.144. The summed E-state index contributed by atoms with van der Waals surface area (Å²) in [5.74, 6) is 1.18. The first kappa shape index (κ1) is 16.1. The first-order chi connectivity index (χ1) is 11.6. The number of benzene rings is 2. The molecule has 3 aromatic rings. The van der Waals surface area contributed by atoms with Crippen LogP contribution in [0.25, 0.3) is 10.8 Å². The van der Waals surface area contributed by atoms with Crippen molar-refractivity contribution in [2.45, 2.75) is 26.9 Å². The number of aryl methyl sites for hydroxylation is 2. The first-order valence-electron chi connectivity index (χ1n) is 7.71. The van der Waals surface area contributed by atoms with Crippen LogP contribution in [-0.2, 0) is 22.6 Å². The Balaban J connectivity index is 1.66. The molecule has 0 unspecified atom stereocenters. The molecule has 3 rings (SSSR count). The summed E-state index contributed by atoms with van der Waals surface area (Å²) in [5, 5.41) is 6.00. The average Bonchev–Trinajstić information content (AvgIpc) is 2.91. The number of carbonyl (C=O) groups excluding carboxylic acids is 1. The van der Waals surface area contributed by atoms with Crippen LogP contribution in [0, 0.1) is 13.8 Å². The first-order valence-corrected chi connectivity index (χ1v) is 7.71. The maximum atomic E-state index is 12.0. The van der Waals surface area contributed by atoms with E-state index in [0.717, 1.165) is 33.3 Å². The molecule has 5 heteroatoms. The van der Waals surface area contributed by atoms with Gasteiger partial charge < -0.3 is 14.0 Å². The number of methoxy groups -OCH3 is 1. The molecular formula is C19H19NO4. The van der Waals surface area contributed by atoms with Crippen molar-refractivity contribution in [2.24, 2.45) is 0 Å². The van der Waals surface area contributed by atoms with E-state index in [1.54, 1.807) is 14.0 Å². The van der Waals surface area contributed by atoms with Gasteiger partial charge in [0.25, 0.3) is 0 Å². The van der Waals surface area contributed by atoms with Gasteiger partial charge in [-0.2, -0.15) is 0 Å². The molecule has 0 saturated heterocycles. The molecule has 0 fully saturated rings. The van der Waals surface area contributed by atoms with Gasteiger partial charge in [-0.3, -0.25) is 4.79 Å². The Morgan fingerprint density at radius 1 is 1.12 bits per heavy atom. The van der Waals surface area contributed by atoms with Crippen LogP contribution in [0.2, 0.25) is 0 Å². The smallest absolute Gasteiger partial charge is 0.310 e. The van der Waals surface area contributed by atoms with Crippen molar-refractivity contribution in [3.63, 3.8) is 0 Å². The zero-order chi connectivity index (χ0) is 17.1. The van der Waals surface area contributed by atoms with Crippen molar-refractivity contribution in [2.75, 3.05) is 7.11 Å². The molecule has 0 atom stereocenters. The van der Waals surface area contributed by atoms with Crippen molar-refractivity contribution in [1.29, 1.82) is 0 Å². The number of rotatable bonds is 5. The molecule has 0 N–H and O–H groups in total. The highest BCUT2D eigenvalue weighted by molar-refractivity contribution is 5.84. The summed E-state index contributed by atoms with van der Waals surface area (Å²) in [6, 6.07) is 11.8. The standard InChI is InChI=1S/C19H19NO4/c1-12-18(13(2)24-20-12)10-19(21)23-11-14-4-5-16-9-17(22-3)7-6-15(16)8-14/h4-9H,10-11H2,1-3H3. The summed E-state index contributed by atoms with van der Waals surface area (Å²) in [5.41, 5.74) is 2.47. The van der Waals surface area contributed by atoms with Gasteiger partial charge in [0.2, 0.25) is 0 Å². The van der Waals surface area contributed by atoms with Gasteiger partial charge in [-0.15, -0.1) is 0 Å². The lowest BCUT2D eigenvalue weighted by atomic mass is 10.1. The largest absolute Gasteiger partial charge is 0.497 e. The lowest BCUT2D eigenvalue weighted by Gasteiger charge is -2.07. The molecular weight excluding hydrogens is 306 g/mol. The minimum Gasteiger partial charge on any atom is -0.497 e. The molecule has 2 aromatic carbocycles. The second-order valence-electron chi connectivity index (χ2n) is 5.69. The van der Waals surface area contributed by atoms with Gasteiger partial charge in [-0.05, 0) is 48.4 Å². The maximum Gasteiger partial charge on any atom is 0.310 e. The van der Waals surface area contributed by atoms with Crippen LogP contribution < -0.4 is 4.74 Å². The molecule has 1 heterocycles. The van der Waals surface area contributed by atoms with Crippen molar-refractivity contribution >= 4 is 16.7 Å². The van der Waals surface area contributed by atoms with Gasteiger partial charge in [0.05, 0.1) is 19.2 Å². The second-order valence-corrected chi connectivity index (χ2v) is 5.69. The molecule has 0 saturated carbocycles. The van der Waals surface area contributed by atoms with Crippen molar-refractivity contribution in [3.8, 4) is 5.75 Å². The maximum absolute atomic E-state index is 12.0. The molecule has 0 spiro atoms. The second kappa shape index (κ2) is 6.74. The summed E-state index contributed by atoms with van der Waals surface area (Å²) in [4.78, 5) is 12.0. The number of hydrogen-bond donors (Lipinski definition) is 0. The minimum atomic E-state index is -0.292. The Kier molecular flexibility index (Phi) is 4.51. The van der Waals surface area contributed by atoms with E-state index >= 15 is 0 Å². The summed E-state index contributed by atoms with van der Waals surface area (Å²) >= 11 is 0. The normalized spacial score (nSPS) is 10.8. The fraction of sp³-hybridized carbons (Fsp3) is 0.263. The Bertz CT molecular complexity index is 863. The highest BCUT2D eigenvalue weighted by Gasteiger charge is 2.14. The molecule has 1 aromatic heterocycles. The molecule has 0 amide bonds. The summed E-state index contributed by atoms with van der Waals surface area (Å²) in [7, 11) is 1.65. The molecule has 124 valence electrons. The topological polar surface area (TPSA) is 61.6 Å². The van der Waals surface area contributed by atoms with Crippen LogP contribution >= 0.6 is 0 Å². The molecule has 0 aliphatic rings. The zero-order valence-corrected chi connectivity index (χ0v) is 14.0. The number of aromatic nitrogens is 1. The predicted octanol–water partition coefficient (Wildman–Crippen LogP) is 3.74. The van der Waals surface area contributed by atoms with E-state index in [4.69, 9.17) is 14.0 Å². The monoisotopic (exact) mass is 325 g/mol. The fourth-order valence-corrected chi connectivity index (χ4v) is 2.60. The van der Waals surface area contributed by atoms with Crippen molar-refractivity contribution < 1.29 is 18.8 Å². The lowest BCUT2D eigenvalue weighted by Crippen LogP contribution is -2.09. The van der Waals surface area contributed by atoms with E-state index in [1.807, 2.05) is 43.3 Å². The third kappa shape index (κ3) is 3.40. The van der Waals surface area contributed by atoms with E-state index in [2.05, 4.69) is 5.16 Å². The predicted molar refractivity (Wildman–Crippen MR) is 90.0 cm³/mol. The molecule has 0 bridgehead atoms. The molecule has 24 heavy (non-hydrogen) atoms. The van der Waals surface area contributed by atoms with Crippen LogP contribution in [0.4, 0.5) is 0 Å². The summed E-state index contributed by atoms with van der Waals surface area (Å²) < 4.78 is 15.6. The van der Waals surface area contributed by atoms with E-state index in [1.165, 1.54) is 0 Å². The van der Waals surface area contributed by atoms with E-state index in [-0.39, 0.29) is 19.0 Å². The molecule has 0 radical (unpaired) electrons. The number of ether oxygens (including phenoxy) is 2. The summed E-state index contributed by atoms with van der Waals surface area (Å²) in [6.07, 6.45) is 0.173. The Morgan fingerprint density at radius 3 is 2.58 bits per heavy atom. The van der Waals surface area contributed by atoms with Crippen molar-refractivity contribution in [1.82, 2.24) is 5.16 Å². The van der Waals surface area contributed by atoms with Crippen LogP contribution in [0.1, 0.15) is 22.6 Å². The summed E-state index contributed by atoms with van der Waals surface area (Å²) in [6.45, 7) is 3.85. The van der Waals surface area contributed by atoms with Gasteiger partial charge in [0, 0.05) is 5.56 Å². The fourth-order valence-electron chi connectivity index (χ4n) is 2.60. The average molecular weight is 325 g/mol. The number of nitrogens with zero attached hydrogens (tertiary/aromatic N) is 1. The third-order valence-electron chi connectivity index (χ3n) is 4.01. The number of esters is 1. The van der Waals surface area contributed by atoms with Gasteiger partial charge in [-0.25, -0.2) is 0 Å². The number of carbonyl (C=O) groups is 1. The van der Waals surface area contributed by atoms with Gasteiger partial charge in [-0.1, -0.05) is 23.4 Å². The van der Waals surface area contributed by atoms with Crippen LogP contribution in [0.15, 0.2) is 40.9 Å². The van der Waals surface area contributed by atoms with E-state index < -0.39 is 0 Å². The Labute approximate surface area is 140 Å². The quantitative estimate of drug-likeness (QED) is 0.669. The van der Waals surface area contributed by atoms with Gasteiger partial charge >= 0.3 is 5.97 Å². The highest BCUT2D eigenvalue weighted by atomic mass is 16.5. The highest BCUT2D eigenvalue weighted by Crippen LogP contribution is 2.22. The van der Waals surface area contributed by atoms with E-state index in [0.29, 0.717) is 5.76 Å². The Morgan fingerprint density at radius 2 is 1.88 bits per heavy atom. The van der Waals surface area contributed by atoms with Crippen LogP contribution in [0.3, 0.4) is 0 Å². The number of hydrogen-bond acceptors (Lipinski definition) is 5. The SMILES string of the molecule is COc1ccc2cc(COC(=O)Cc3c(C)noc3C)ccc2c1. The van der Waals surface area contributed by atoms with Gasteiger partial charge in [0.1, 0.15) is 18.1 Å².